The Morgan fingerprint density at radius 3 is 2.22 bits per heavy atom. The Morgan fingerprint density at radius 2 is 1.62 bits per heavy atom. The van der Waals surface area contributed by atoms with Crippen LogP contribution in [0.2, 0.25) is 0 Å². The van der Waals surface area contributed by atoms with Crippen molar-refractivity contribution in [2.45, 2.75) is 64.3 Å². The molecule has 0 aliphatic heterocycles. The van der Waals surface area contributed by atoms with Gasteiger partial charge in [0.1, 0.15) is 11.6 Å². The van der Waals surface area contributed by atoms with Crippen LogP contribution in [0.25, 0.3) is 11.8 Å². The minimum Gasteiger partial charge on any atom is -0.347 e. The van der Waals surface area contributed by atoms with Crippen LogP contribution in [-0.4, -0.2) is 10.5 Å². The van der Waals surface area contributed by atoms with E-state index in [2.05, 4.69) is 60.1 Å². The van der Waals surface area contributed by atoms with Crippen LogP contribution in [-0.2, 0) is 16.8 Å². The molecule has 2 aromatic carbocycles. The normalized spacial score (nSPS) is 26.2. The molecule has 0 atom stereocenters. The number of benzene rings is 2. The van der Waals surface area contributed by atoms with E-state index in [0.29, 0.717) is 12.0 Å². The fourth-order valence-corrected chi connectivity index (χ4v) is 7.94. The molecule has 4 aliphatic carbocycles. The van der Waals surface area contributed by atoms with Gasteiger partial charge in [-0.2, -0.15) is 5.26 Å². The molecule has 188 valence electrons. The van der Waals surface area contributed by atoms with Crippen molar-refractivity contribution >= 4 is 12.0 Å². The number of amides is 1. The SMILES string of the molecule is Cc1cc(/C=C(/C#N)C(=O)NCc2ccccc2)c(C)n1-c1ccc(C23CC4CC(CC(C4)C2)C3)cc1. The third-order valence-electron chi connectivity index (χ3n) is 9.21. The van der Waals surface area contributed by atoms with Crippen LogP contribution in [0, 0.1) is 42.9 Å². The maximum atomic E-state index is 12.7. The summed E-state index contributed by atoms with van der Waals surface area (Å²) in [5, 5.41) is 12.6. The zero-order chi connectivity index (χ0) is 25.6. The van der Waals surface area contributed by atoms with Crippen molar-refractivity contribution in [3.05, 3.63) is 94.3 Å². The van der Waals surface area contributed by atoms with Crippen molar-refractivity contribution in [2.24, 2.45) is 17.8 Å². The average molecular weight is 490 g/mol. The Hall–Kier alpha value is -3.58. The first-order valence-electron chi connectivity index (χ1n) is 13.7. The van der Waals surface area contributed by atoms with E-state index in [1.54, 1.807) is 6.08 Å². The lowest BCUT2D eigenvalue weighted by atomic mass is 9.48. The molecule has 0 radical (unpaired) electrons. The third kappa shape index (κ3) is 4.42. The number of hydrogen-bond acceptors (Lipinski definition) is 2. The predicted molar refractivity (Wildman–Crippen MR) is 147 cm³/mol. The number of carbonyl (C=O) groups is 1. The fourth-order valence-electron chi connectivity index (χ4n) is 7.94. The van der Waals surface area contributed by atoms with Gasteiger partial charge in [0, 0.05) is 23.6 Å². The third-order valence-corrected chi connectivity index (χ3v) is 9.21. The molecule has 4 saturated carbocycles. The van der Waals surface area contributed by atoms with Crippen LogP contribution < -0.4 is 5.32 Å². The van der Waals surface area contributed by atoms with Crippen molar-refractivity contribution in [3.63, 3.8) is 0 Å². The van der Waals surface area contributed by atoms with Crippen molar-refractivity contribution in [1.29, 1.82) is 5.26 Å². The largest absolute Gasteiger partial charge is 0.347 e. The lowest BCUT2D eigenvalue weighted by Gasteiger charge is -2.57. The monoisotopic (exact) mass is 489 g/mol. The summed E-state index contributed by atoms with van der Waals surface area (Å²) in [6.07, 6.45) is 10.2. The van der Waals surface area contributed by atoms with Gasteiger partial charge in [-0.3, -0.25) is 4.79 Å². The number of aromatic nitrogens is 1. The number of aryl methyl sites for hydroxylation is 1. The highest BCUT2D eigenvalue weighted by molar-refractivity contribution is 6.01. The Bertz CT molecular complexity index is 1350. The molecule has 1 N–H and O–H groups in total. The van der Waals surface area contributed by atoms with Crippen LogP contribution in [0.4, 0.5) is 0 Å². The van der Waals surface area contributed by atoms with E-state index in [4.69, 9.17) is 0 Å². The van der Waals surface area contributed by atoms with Crippen molar-refractivity contribution in [1.82, 2.24) is 9.88 Å². The van der Waals surface area contributed by atoms with E-state index in [9.17, 15) is 10.1 Å². The van der Waals surface area contributed by atoms with Crippen LogP contribution >= 0.6 is 0 Å². The second-order valence-corrected chi connectivity index (χ2v) is 11.7. The lowest BCUT2D eigenvalue weighted by Crippen LogP contribution is -2.48. The molecule has 0 spiro atoms. The van der Waals surface area contributed by atoms with Gasteiger partial charge < -0.3 is 9.88 Å². The Balaban J connectivity index is 1.22. The van der Waals surface area contributed by atoms with Crippen molar-refractivity contribution < 1.29 is 4.79 Å². The standard InChI is InChI=1S/C33H35N3O/c1-22-12-28(16-29(20-34)32(37)35-21-24-6-4-3-5-7-24)23(2)36(22)31-10-8-30(9-11-31)33-17-25-13-26(18-33)15-27(14-25)19-33/h3-12,16,25-27H,13-15,17-19,21H2,1-2H3,(H,35,37)/b29-16-. The van der Waals surface area contributed by atoms with Gasteiger partial charge in [-0.05, 0) is 117 Å². The molecule has 37 heavy (non-hydrogen) atoms. The number of nitrogens with one attached hydrogen (secondary N) is 1. The average Bonchev–Trinajstić information content (AvgIpc) is 3.18. The maximum absolute atomic E-state index is 12.7. The van der Waals surface area contributed by atoms with Gasteiger partial charge in [0.15, 0.2) is 0 Å². The second kappa shape index (κ2) is 9.38. The first-order valence-corrected chi connectivity index (χ1v) is 13.7. The van der Waals surface area contributed by atoms with E-state index in [-0.39, 0.29) is 11.5 Å². The highest BCUT2D eigenvalue weighted by Gasteiger charge is 2.51. The number of hydrogen-bond donors (Lipinski definition) is 1. The molecule has 7 rings (SSSR count). The van der Waals surface area contributed by atoms with E-state index in [1.807, 2.05) is 30.3 Å². The zero-order valence-electron chi connectivity index (χ0n) is 21.8. The molecular weight excluding hydrogens is 454 g/mol. The van der Waals surface area contributed by atoms with Gasteiger partial charge in [-0.25, -0.2) is 0 Å². The molecule has 1 aromatic heterocycles. The van der Waals surface area contributed by atoms with E-state index in [1.165, 1.54) is 44.1 Å². The quantitative estimate of drug-likeness (QED) is 0.306. The summed E-state index contributed by atoms with van der Waals surface area (Å²) in [7, 11) is 0. The Morgan fingerprint density at radius 1 is 1.00 bits per heavy atom. The summed E-state index contributed by atoms with van der Waals surface area (Å²) < 4.78 is 2.23. The topological polar surface area (TPSA) is 57.8 Å². The van der Waals surface area contributed by atoms with Gasteiger partial charge in [0.25, 0.3) is 5.91 Å². The molecule has 4 heteroatoms. The smallest absolute Gasteiger partial charge is 0.262 e. The van der Waals surface area contributed by atoms with E-state index in [0.717, 1.165) is 46.0 Å². The summed E-state index contributed by atoms with van der Waals surface area (Å²) >= 11 is 0. The summed E-state index contributed by atoms with van der Waals surface area (Å²) in [4.78, 5) is 12.7. The van der Waals surface area contributed by atoms with E-state index >= 15 is 0 Å². The Labute approximate surface area is 220 Å². The summed E-state index contributed by atoms with van der Waals surface area (Å²) in [5.74, 6) is 2.46. The van der Waals surface area contributed by atoms with Crippen LogP contribution in [0.1, 0.15) is 66.6 Å². The molecule has 1 amide bonds. The van der Waals surface area contributed by atoms with Gasteiger partial charge in [0.2, 0.25) is 0 Å². The minimum atomic E-state index is -0.351. The first kappa shape index (κ1) is 23.8. The molecule has 4 aliphatic rings. The molecule has 4 fully saturated rings. The van der Waals surface area contributed by atoms with Crippen LogP contribution in [0.3, 0.4) is 0 Å². The highest BCUT2D eigenvalue weighted by atomic mass is 16.1. The number of nitrogens with zero attached hydrogens (tertiary/aromatic N) is 2. The summed E-state index contributed by atoms with van der Waals surface area (Å²) in [5.41, 5.74) is 7.20. The minimum absolute atomic E-state index is 0.119. The van der Waals surface area contributed by atoms with Gasteiger partial charge >= 0.3 is 0 Å². The molecule has 3 aromatic rings. The molecular formula is C33H35N3O. The zero-order valence-corrected chi connectivity index (χ0v) is 21.8. The van der Waals surface area contributed by atoms with E-state index < -0.39 is 0 Å². The van der Waals surface area contributed by atoms with Crippen molar-refractivity contribution in [2.75, 3.05) is 0 Å². The molecule has 0 unspecified atom stereocenters. The second-order valence-electron chi connectivity index (χ2n) is 11.7. The van der Waals surface area contributed by atoms with Crippen LogP contribution in [0.15, 0.2) is 66.2 Å². The van der Waals surface area contributed by atoms with Crippen LogP contribution in [0.5, 0.6) is 0 Å². The first-order chi connectivity index (χ1) is 17.9. The highest BCUT2D eigenvalue weighted by Crippen LogP contribution is 2.60. The Kier molecular flexibility index (Phi) is 6.03. The number of nitriles is 1. The summed E-state index contributed by atoms with van der Waals surface area (Å²) in [6, 6.07) is 23.1. The fraction of sp³-hybridized carbons (Fsp3) is 0.394. The molecule has 1 heterocycles. The number of rotatable bonds is 6. The molecule has 4 nitrogen and oxygen atoms in total. The van der Waals surface area contributed by atoms with Crippen molar-refractivity contribution in [3.8, 4) is 11.8 Å². The number of carbonyl (C=O) groups excluding carboxylic acids is 1. The van der Waals surface area contributed by atoms with Gasteiger partial charge in [-0.1, -0.05) is 42.5 Å². The molecule has 0 saturated heterocycles. The maximum Gasteiger partial charge on any atom is 0.262 e. The predicted octanol–water partition coefficient (Wildman–Crippen LogP) is 6.79. The molecule has 4 bridgehead atoms. The lowest BCUT2D eigenvalue weighted by molar-refractivity contribution is -0.117. The summed E-state index contributed by atoms with van der Waals surface area (Å²) in [6.45, 7) is 4.54. The van der Waals surface area contributed by atoms with Gasteiger partial charge in [-0.15, -0.1) is 0 Å². The van der Waals surface area contributed by atoms with Gasteiger partial charge in [0.05, 0.1) is 0 Å².